The maximum Gasteiger partial charge on any atom is 1.00 e. The third-order valence-electron chi connectivity index (χ3n) is 0. The molecule has 0 spiro atoms. The largest absolute Gasteiger partial charge is 1.00 e. The Morgan fingerprint density at radius 3 is 1.17 bits per heavy atom. The molecule has 32 valence electrons. The Morgan fingerprint density at radius 2 is 1.17 bits per heavy atom. The Kier molecular flexibility index (Phi) is 8.04. The summed E-state index contributed by atoms with van der Waals surface area (Å²) >= 11 is 15.4. The van der Waals surface area contributed by atoms with Crippen molar-refractivity contribution in [3.8, 4) is 0 Å². The molecule has 0 bridgehead atoms. The average Bonchev–Trinajstić information content (AvgIpc) is 0.722. The fraction of sp³-hybridized carbons (Fsp3) is 1.00. The number of hydrogen-bond donors (Lipinski definition) is 3. The minimum Gasteiger partial charge on any atom is -0.754 e. The van der Waals surface area contributed by atoms with Gasteiger partial charge in [0.1, 0.15) is 0 Å². The van der Waals surface area contributed by atoms with Crippen LogP contribution < -0.4 is 29.6 Å². The first kappa shape index (κ1) is 11.2. The van der Waals surface area contributed by atoms with Crippen molar-refractivity contribution in [2.24, 2.45) is 0 Å². The Balaban J connectivity index is 0. The minimum absolute atomic E-state index is 0. The van der Waals surface area contributed by atoms with Gasteiger partial charge in [-0.1, -0.05) is 0 Å². The molecule has 0 fully saturated rings. The molecule has 0 aromatic carbocycles. The summed E-state index contributed by atoms with van der Waals surface area (Å²) in [4.78, 5) is 0. The van der Waals surface area contributed by atoms with E-state index < -0.39 is 2.74 Å². The zero-order valence-corrected chi connectivity index (χ0v) is 8.75. The van der Waals surface area contributed by atoms with E-state index >= 15 is 0 Å². The van der Waals surface area contributed by atoms with Crippen LogP contribution in [-0.2, 0) is 12.6 Å². The first-order valence-corrected chi connectivity index (χ1v) is 2.62. The predicted octanol–water partition coefficient (Wildman–Crippen LogP) is -2.06. The van der Waals surface area contributed by atoms with E-state index in [1.165, 1.54) is 0 Å². The van der Waals surface area contributed by atoms with Crippen LogP contribution in [-0.4, -0.2) is 2.74 Å². The van der Waals surface area contributed by atoms with E-state index in [1.807, 2.05) is 0 Å². The molecule has 0 amide bonds. The molecule has 0 aliphatic carbocycles. The van der Waals surface area contributed by atoms with Gasteiger partial charge in [0, 0.05) is 0 Å². The summed E-state index contributed by atoms with van der Waals surface area (Å²) < 4.78 is -0.833. The summed E-state index contributed by atoms with van der Waals surface area (Å²) in [7, 11) is 0. The number of thiol groups is 3. The quantitative estimate of drug-likeness (QED) is 0.161. The van der Waals surface area contributed by atoms with Crippen LogP contribution in [0.15, 0.2) is 0 Å². The van der Waals surface area contributed by atoms with E-state index in [0.717, 1.165) is 0 Å². The fourth-order valence-electron chi connectivity index (χ4n) is 0. The average molecular weight is 166 g/mol. The molecule has 0 rings (SSSR count). The normalized spacial score (nSPS) is 10.0. The van der Waals surface area contributed by atoms with Crippen molar-refractivity contribution >= 4 is 50.5 Å². The molecular weight excluding hydrogens is 163 g/mol. The monoisotopic (exact) mass is 166 g/mol. The number of rotatable bonds is 0. The van der Waals surface area contributed by atoms with Crippen molar-refractivity contribution < 1.29 is 29.6 Å². The van der Waals surface area contributed by atoms with Gasteiger partial charge in [0.2, 0.25) is 0 Å². The minimum atomic E-state index is -0.833. The Hall–Kier alpha value is 2.40. The van der Waals surface area contributed by atoms with E-state index in [9.17, 15) is 0 Å². The van der Waals surface area contributed by atoms with Crippen LogP contribution in [0.5, 0.6) is 0 Å². The van der Waals surface area contributed by atoms with Gasteiger partial charge in [0.25, 0.3) is 0 Å². The Bertz CT molecular complexity index is 23.0. The third kappa shape index (κ3) is 32.4. The van der Waals surface area contributed by atoms with E-state index in [4.69, 9.17) is 0 Å². The van der Waals surface area contributed by atoms with E-state index in [1.54, 1.807) is 0 Å². The molecule has 0 saturated carbocycles. The summed E-state index contributed by atoms with van der Waals surface area (Å²) in [5.41, 5.74) is 0. The second-order valence-electron chi connectivity index (χ2n) is 0.574. The standard InChI is InChI=1S/CH4S4.Na/c2-1(3,4)5;/h2-5H;/q;+1/p-1. The molecule has 0 nitrogen and oxygen atoms in total. The first-order chi connectivity index (χ1) is 2.00. The van der Waals surface area contributed by atoms with Crippen LogP contribution in [0, 0.1) is 0 Å². The van der Waals surface area contributed by atoms with E-state index in [2.05, 4.69) is 50.5 Å². The smallest absolute Gasteiger partial charge is 0.754 e. The van der Waals surface area contributed by atoms with Crippen LogP contribution in [0.3, 0.4) is 0 Å². The molecule has 5 heteroatoms. The van der Waals surface area contributed by atoms with Gasteiger partial charge in [-0.2, -0.15) is 37.9 Å². The molecule has 0 aliphatic heterocycles. The summed E-state index contributed by atoms with van der Waals surface area (Å²) in [6, 6.07) is 0. The van der Waals surface area contributed by atoms with Crippen LogP contribution in [0.25, 0.3) is 0 Å². The van der Waals surface area contributed by atoms with Gasteiger partial charge in [0.15, 0.2) is 0 Å². The van der Waals surface area contributed by atoms with E-state index in [-0.39, 0.29) is 29.6 Å². The summed E-state index contributed by atoms with van der Waals surface area (Å²) in [5, 5.41) is 0. The van der Waals surface area contributed by atoms with Crippen molar-refractivity contribution in [2.45, 2.75) is 2.74 Å². The second-order valence-corrected chi connectivity index (χ2v) is 5.16. The van der Waals surface area contributed by atoms with Crippen molar-refractivity contribution in [1.82, 2.24) is 0 Å². The molecule has 0 unspecified atom stereocenters. The van der Waals surface area contributed by atoms with Gasteiger partial charge in [-0.3, -0.25) is 0 Å². The van der Waals surface area contributed by atoms with Gasteiger partial charge in [-0.15, -0.1) is 0 Å². The zero-order valence-electron chi connectivity index (χ0n) is 3.25. The summed E-state index contributed by atoms with van der Waals surface area (Å²) in [6.07, 6.45) is 0. The van der Waals surface area contributed by atoms with Gasteiger partial charge >= 0.3 is 29.6 Å². The van der Waals surface area contributed by atoms with Crippen LogP contribution in [0.1, 0.15) is 0 Å². The zero-order chi connectivity index (χ0) is 4.50. The molecule has 0 radical (unpaired) electrons. The summed E-state index contributed by atoms with van der Waals surface area (Å²) in [5.74, 6) is 0. The SMILES string of the molecule is [Na+].[S-]C(S)(S)S. The molecule has 6 heavy (non-hydrogen) atoms. The molecule has 0 aliphatic rings. The van der Waals surface area contributed by atoms with Crippen molar-refractivity contribution in [1.29, 1.82) is 0 Å². The first-order valence-electron chi connectivity index (χ1n) is 0.875. The maximum atomic E-state index is 4.42. The molecule has 0 aromatic heterocycles. The number of hydrogen-bond acceptors (Lipinski definition) is 4. The van der Waals surface area contributed by atoms with Crippen molar-refractivity contribution in [2.75, 3.05) is 0 Å². The molecule has 0 aromatic rings. The third-order valence-corrected chi connectivity index (χ3v) is 0. The Labute approximate surface area is 81.8 Å². The fourth-order valence-corrected chi connectivity index (χ4v) is 0. The van der Waals surface area contributed by atoms with Crippen LogP contribution >= 0.6 is 37.9 Å². The summed E-state index contributed by atoms with van der Waals surface area (Å²) in [6.45, 7) is 0. The van der Waals surface area contributed by atoms with Gasteiger partial charge < -0.3 is 12.6 Å². The second kappa shape index (κ2) is 4.30. The molecule has 0 heterocycles. The van der Waals surface area contributed by atoms with Gasteiger partial charge in [-0.25, -0.2) is 0 Å². The van der Waals surface area contributed by atoms with Gasteiger partial charge in [0.05, 0.1) is 0 Å². The van der Waals surface area contributed by atoms with Gasteiger partial charge in [-0.05, 0) is 2.74 Å². The molecular formula is CH3NaS4. The van der Waals surface area contributed by atoms with Crippen molar-refractivity contribution in [3.05, 3.63) is 0 Å². The topological polar surface area (TPSA) is 0 Å². The predicted molar refractivity (Wildman–Crippen MR) is 37.1 cm³/mol. The van der Waals surface area contributed by atoms with Crippen molar-refractivity contribution in [3.63, 3.8) is 0 Å². The Morgan fingerprint density at radius 1 is 1.17 bits per heavy atom. The van der Waals surface area contributed by atoms with E-state index in [0.29, 0.717) is 0 Å². The molecule has 0 atom stereocenters. The van der Waals surface area contributed by atoms with Crippen LogP contribution in [0.4, 0.5) is 0 Å². The van der Waals surface area contributed by atoms with Crippen LogP contribution in [0.2, 0.25) is 0 Å². The maximum absolute atomic E-state index is 4.42. The molecule has 0 N–H and O–H groups in total. The molecule has 0 saturated heterocycles.